The quantitative estimate of drug-likeness (QED) is 0.200. The predicted molar refractivity (Wildman–Crippen MR) is 174 cm³/mol. The van der Waals surface area contributed by atoms with E-state index in [0.29, 0.717) is 57.1 Å². The number of aryl methyl sites for hydroxylation is 1. The van der Waals surface area contributed by atoms with E-state index in [2.05, 4.69) is 20.5 Å². The summed E-state index contributed by atoms with van der Waals surface area (Å²) in [4.78, 5) is 39.3. The molecule has 3 heterocycles. The molecule has 2 N–H and O–H groups in total. The van der Waals surface area contributed by atoms with Crippen LogP contribution in [-0.2, 0) is 49.7 Å². The summed E-state index contributed by atoms with van der Waals surface area (Å²) < 4.78 is 17.8. The average Bonchev–Trinajstić information content (AvgIpc) is 3.64. The SMILES string of the molecule is COCCc1nc2c(N)nc3ccccc3c2n1CCCN(Cc1ccc(CC(=O)OC)cc1)C(=O)CN1CCC[C@@H]1COC. The van der Waals surface area contributed by atoms with Crippen LogP contribution in [0.4, 0.5) is 5.82 Å². The van der Waals surface area contributed by atoms with Gasteiger partial charge in [-0.15, -0.1) is 0 Å². The van der Waals surface area contributed by atoms with Crippen LogP contribution in [-0.4, -0.2) is 96.4 Å². The van der Waals surface area contributed by atoms with Gasteiger partial charge in [0, 0.05) is 51.7 Å². The highest BCUT2D eigenvalue weighted by molar-refractivity contribution is 6.06. The molecule has 2 aromatic carbocycles. The first-order valence-corrected chi connectivity index (χ1v) is 15.6. The Morgan fingerprint density at radius 2 is 1.80 bits per heavy atom. The third-order valence-corrected chi connectivity index (χ3v) is 8.55. The molecule has 45 heavy (non-hydrogen) atoms. The Labute approximate surface area is 264 Å². The number of likely N-dealkylation sites (tertiary alicyclic amines) is 1. The lowest BCUT2D eigenvalue weighted by molar-refractivity contribution is -0.139. The van der Waals surface area contributed by atoms with Crippen LogP contribution in [0.5, 0.6) is 0 Å². The van der Waals surface area contributed by atoms with Gasteiger partial charge in [0.1, 0.15) is 11.3 Å². The second-order valence-corrected chi connectivity index (χ2v) is 11.6. The highest BCUT2D eigenvalue weighted by Crippen LogP contribution is 2.29. The minimum Gasteiger partial charge on any atom is -0.469 e. The summed E-state index contributed by atoms with van der Waals surface area (Å²) in [5, 5.41) is 0.996. The number of nitrogens with two attached hydrogens (primary N) is 1. The second kappa shape index (κ2) is 15.3. The normalized spacial score (nSPS) is 15.2. The Morgan fingerprint density at radius 3 is 2.56 bits per heavy atom. The van der Waals surface area contributed by atoms with E-state index in [0.717, 1.165) is 59.2 Å². The molecule has 11 heteroatoms. The Bertz CT molecular complexity index is 1600. The van der Waals surface area contributed by atoms with Crippen molar-refractivity contribution >= 4 is 39.6 Å². The van der Waals surface area contributed by atoms with Gasteiger partial charge in [0.05, 0.1) is 44.3 Å². The first-order valence-electron chi connectivity index (χ1n) is 15.6. The fourth-order valence-corrected chi connectivity index (χ4v) is 6.22. The number of carbonyl (C=O) groups is 2. The maximum atomic E-state index is 13.9. The van der Waals surface area contributed by atoms with Gasteiger partial charge in [0.15, 0.2) is 5.82 Å². The number of benzene rings is 2. The molecule has 1 amide bonds. The summed E-state index contributed by atoms with van der Waals surface area (Å²) in [6.45, 7) is 4.09. The molecule has 0 unspecified atom stereocenters. The molecular formula is C34H44N6O5. The highest BCUT2D eigenvalue weighted by Gasteiger charge is 2.28. The Kier molecular flexibility index (Phi) is 11.0. The number of hydrogen-bond acceptors (Lipinski definition) is 9. The van der Waals surface area contributed by atoms with Crippen LogP contribution in [0.25, 0.3) is 21.9 Å². The zero-order valence-corrected chi connectivity index (χ0v) is 26.5. The number of pyridine rings is 1. The van der Waals surface area contributed by atoms with Crippen LogP contribution in [0.1, 0.15) is 36.2 Å². The van der Waals surface area contributed by atoms with Gasteiger partial charge in [-0.3, -0.25) is 14.5 Å². The third kappa shape index (κ3) is 7.78. The summed E-state index contributed by atoms with van der Waals surface area (Å²) in [6.07, 6.45) is 3.67. The fourth-order valence-electron chi connectivity index (χ4n) is 6.22. The number of hydrogen-bond donors (Lipinski definition) is 1. The molecule has 5 rings (SSSR count). The van der Waals surface area contributed by atoms with Gasteiger partial charge in [-0.05, 0) is 43.0 Å². The van der Waals surface area contributed by atoms with Gasteiger partial charge in [0.2, 0.25) is 5.91 Å². The van der Waals surface area contributed by atoms with Gasteiger partial charge >= 0.3 is 5.97 Å². The number of anilines is 1. The Balaban J connectivity index is 1.38. The number of para-hydroxylation sites is 1. The van der Waals surface area contributed by atoms with E-state index in [1.165, 1.54) is 7.11 Å². The first kappa shape index (κ1) is 32.3. The number of nitrogen functional groups attached to an aromatic ring is 1. The van der Waals surface area contributed by atoms with Crippen molar-refractivity contribution in [1.82, 2.24) is 24.3 Å². The van der Waals surface area contributed by atoms with Crippen LogP contribution >= 0.6 is 0 Å². The number of methoxy groups -OCH3 is 3. The van der Waals surface area contributed by atoms with Crippen molar-refractivity contribution in [2.75, 3.05) is 59.9 Å². The molecule has 0 radical (unpaired) electrons. The molecule has 11 nitrogen and oxygen atoms in total. The monoisotopic (exact) mass is 616 g/mol. The van der Waals surface area contributed by atoms with E-state index in [1.54, 1.807) is 14.2 Å². The van der Waals surface area contributed by atoms with Gasteiger partial charge in [-0.2, -0.15) is 0 Å². The van der Waals surface area contributed by atoms with E-state index < -0.39 is 0 Å². The zero-order chi connectivity index (χ0) is 31.8. The Morgan fingerprint density at radius 1 is 1.02 bits per heavy atom. The number of rotatable bonds is 15. The topological polar surface area (TPSA) is 125 Å². The van der Waals surface area contributed by atoms with Crippen LogP contribution in [0, 0.1) is 0 Å². The van der Waals surface area contributed by atoms with Crippen molar-refractivity contribution in [2.45, 2.75) is 51.2 Å². The Hall–Kier alpha value is -4.06. The number of ether oxygens (including phenoxy) is 3. The smallest absolute Gasteiger partial charge is 0.309 e. The molecule has 1 saturated heterocycles. The van der Waals surface area contributed by atoms with Crippen molar-refractivity contribution in [3.05, 3.63) is 65.5 Å². The second-order valence-electron chi connectivity index (χ2n) is 11.6. The van der Waals surface area contributed by atoms with Gasteiger partial charge in [0.25, 0.3) is 0 Å². The lowest BCUT2D eigenvalue weighted by Gasteiger charge is -2.28. The third-order valence-electron chi connectivity index (χ3n) is 8.55. The summed E-state index contributed by atoms with van der Waals surface area (Å²) in [6, 6.07) is 16.0. The highest BCUT2D eigenvalue weighted by atomic mass is 16.5. The number of fused-ring (bicyclic) bond motifs is 3. The van der Waals surface area contributed by atoms with E-state index >= 15 is 0 Å². The van der Waals surface area contributed by atoms with Crippen molar-refractivity contribution in [3.8, 4) is 0 Å². The molecule has 0 saturated carbocycles. The van der Waals surface area contributed by atoms with E-state index in [4.69, 9.17) is 24.9 Å². The standard InChI is InChI=1S/C34H44N6O5/c1-43-19-15-29-37-32-33(27-9-4-5-10-28(27)36-34(32)35)40(29)18-7-17-39(30(41)22-38-16-6-8-26(38)23-44-2)21-25-13-11-24(12-14-25)20-31(42)45-3/h4-5,9-14,26H,6-8,15-23H2,1-3H3,(H2,35,36)/t26-/m1/s1. The maximum Gasteiger partial charge on any atom is 0.309 e. The van der Waals surface area contributed by atoms with Crippen LogP contribution in [0.2, 0.25) is 0 Å². The number of nitrogens with zero attached hydrogens (tertiary/aromatic N) is 5. The lowest BCUT2D eigenvalue weighted by atomic mass is 10.1. The van der Waals surface area contributed by atoms with Gasteiger partial charge in [-0.1, -0.05) is 42.5 Å². The molecule has 240 valence electrons. The van der Waals surface area contributed by atoms with Gasteiger partial charge < -0.3 is 29.4 Å². The van der Waals surface area contributed by atoms with Crippen LogP contribution in [0.3, 0.4) is 0 Å². The van der Waals surface area contributed by atoms with Crippen LogP contribution in [0.15, 0.2) is 48.5 Å². The molecule has 1 atom stereocenters. The molecule has 2 aromatic heterocycles. The van der Waals surface area contributed by atoms with E-state index in [1.807, 2.05) is 47.4 Å². The summed E-state index contributed by atoms with van der Waals surface area (Å²) >= 11 is 0. The minimum atomic E-state index is -0.280. The molecule has 0 bridgehead atoms. The number of amides is 1. The van der Waals surface area contributed by atoms with Gasteiger partial charge in [-0.25, -0.2) is 9.97 Å². The number of imidazole rings is 1. The predicted octanol–water partition coefficient (Wildman–Crippen LogP) is 3.60. The fraction of sp³-hybridized carbons (Fsp3) is 0.471. The summed E-state index contributed by atoms with van der Waals surface area (Å²) in [5.74, 6) is 1.10. The molecule has 1 aliphatic rings. The number of esters is 1. The van der Waals surface area contributed by atoms with Crippen molar-refractivity contribution in [1.29, 1.82) is 0 Å². The average molecular weight is 617 g/mol. The molecule has 0 aliphatic carbocycles. The number of carbonyl (C=O) groups excluding carboxylic acids is 2. The first-order chi connectivity index (χ1) is 21.9. The lowest BCUT2D eigenvalue weighted by Crippen LogP contribution is -2.43. The molecule has 1 aliphatic heterocycles. The number of aromatic nitrogens is 3. The van der Waals surface area contributed by atoms with Crippen molar-refractivity contribution < 1.29 is 23.8 Å². The van der Waals surface area contributed by atoms with Crippen molar-refractivity contribution in [3.63, 3.8) is 0 Å². The molecular weight excluding hydrogens is 572 g/mol. The minimum absolute atomic E-state index is 0.0885. The van der Waals surface area contributed by atoms with Crippen molar-refractivity contribution in [2.24, 2.45) is 0 Å². The zero-order valence-electron chi connectivity index (χ0n) is 26.5. The summed E-state index contributed by atoms with van der Waals surface area (Å²) in [5.41, 5.74) is 10.7. The van der Waals surface area contributed by atoms with E-state index in [9.17, 15) is 9.59 Å². The molecule has 0 spiro atoms. The largest absolute Gasteiger partial charge is 0.469 e. The van der Waals surface area contributed by atoms with E-state index in [-0.39, 0.29) is 24.3 Å². The summed E-state index contributed by atoms with van der Waals surface area (Å²) in [7, 11) is 4.78. The molecule has 1 fully saturated rings. The van der Waals surface area contributed by atoms with Crippen LogP contribution < -0.4 is 5.73 Å². The maximum absolute atomic E-state index is 13.9. The molecule has 4 aromatic rings.